The molecule has 0 aliphatic heterocycles. The van der Waals surface area contributed by atoms with Gasteiger partial charge < -0.3 is 18.5 Å². The molecule has 0 aromatic heterocycles. The Bertz CT molecular complexity index is 39.5. The first-order valence-corrected chi connectivity index (χ1v) is 0.651. The molecule has 0 amide bonds. The predicted molar refractivity (Wildman–Crippen MR) is 16.5 cm³/mol. The fourth-order valence-corrected chi connectivity index (χ4v) is 0. The normalized spacial score (nSPS) is 3.43. The van der Waals surface area contributed by atoms with Gasteiger partial charge in [-0.15, -0.1) is 0 Å². The van der Waals surface area contributed by atoms with E-state index in [1.54, 1.807) is 0 Å². The van der Waals surface area contributed by atoms with E-state index in [0.29, 0.717) is 0 Å². The zero-order valence-electron chi connectivity index (χ0n) is 6.30. The van der Waals surface area contributed by atoms with Crippen LogP contribution in [0.4, 0.5) is 4.79 Å². The third-order valence-corrected chi connectivity index (χ3v) is 0. The summed E-state index contributed by atoms with van der Waals surface area (Å²) in [6, 6.07) is 0. The summed E-state index contributed by atoms with van der Waals surface area (Å²) in [7, 11) is 0. The first-order valence-electron chi connectivity index (χ1n) is 0.651. The summed E-state index contributed by atoms with van der Waals surface area (Å²) in [5.41, 5.74) is 0. The van der Waals surface area contributed by atoms with Crippen molar-refractivity contribution >= 4 is 6.16 Å². The Morgan fingerprint density at radius 2 is 1.29 bits per heavy atom. The molecule has 0 aromatic carbocycles. The number of carboxylic acid groups (broad SMARTS) is 2. The van der Waals surface area contributed by atoms with Gasteiger partial charge >= 0.3 is 65.3 Å². The van der Waals surface area contributed by atoms with Crippen LogP contribution in [0.15, 0.2) is 0 Å². The molecule has 0 heterocycles. The molecule has 0 fully saturated rings. The van der Waals surface area contributed by atoms with Crippen LogP contribution in [0.3, 0.4) is 0 Å². The van der Waals surface area contributed by atoms with Crippen molar-refractivity contribution in [2.45, 2.75) is 0 Å². The van der Waals surface area contributed by atoms with Crippen LogP contribution in [0.1, 0.15) is 2.85 Å². The molecule has 0 saturated heterocycles. The van der Waals surface area contributed by atoms with Crippen LogP contribution in [0.25, 0.3) is 0 Å². The van der Waals surface area contributed by atoms with Crippen molar-refractivity contribution in [2.24, 2.45) is 0 Å². The van der Waals surface area contributed by atoms with Gasteiger partial charge in [0.15, 0.2) is 0 Å². The molecular weight excluding hydrogens is 122 g/mol. The van der Waals surface area contributed by atoms with Crippen LogP contribution in [-0.4, -0.2) is 21.8 Å². The molecule has 0 aliphatic rings. The Hall–Kier alpha value is 1.23. The van der Waals surface area contributed by atoms with Crippen molar-refractivity contribution in [3.63, 3.8) is 0 Å². The Labute approximate surface area is 87.8 Å². The first kappa shape index (κ1) is 24.0. The van der Waals surface area contributed by atoms with Crippen molar-refractivity contribution in [3.8, 4) is 0 Å². The van der Waals surface area contributed by atoms with Crippen LogP contribution in [0.2, 0.25) is 0 Å². The Balaban J connectivity index is -0.00000000450. The van der Waals surface area contributed by atoms with E-state index in [1.807, 2.05) is 0 Å². The molecule has 0 rings (SSSR count). The van der Waals surface area contributed by atoms with Crippen molar-refractivity contribution in [2.75, 3.05) is 0 Å². The topological polar surface area (TPSA) is 89.0 Å². The summed E-state index contributed by atoms with van der Waals surface area (Å²) in [5.74, 6) is 0. The van der Waals surface area contributed by atoms with Gasteiger partial charge in [-0.1, -0.05) is 0 Å². The fourth-order valence-electron chi connectivity index (χ4n) is 0. The summed E-state index contributed by atoms with van der Waals surface area (Å²) in [5, 5.41) is 13.9. The average molecular weight is 128 g/mol. The molecule has 0 bridgehead atoms. The summed E-state index contributed by atoms with van der Waals surface area (Å²) in [6.07, 6.45) is -1.83. The third-order valence-electron chi connectivity index (χ3n) is 0. The summed E-state index contributed by atoms with van der Waals surface area (Å²) < 4.78 is 0. The van der Waals surface area contributed by atoms with E-state index in [2.05, 4.69) is 0 Å². The number of carbonyl (C=O) groups is 1. The first-order chi connectivity index (χ1) is 1.73. The molecular formula is CH6Na2O4. The van der Waals surface area contributed by atoms with Crippen molar-refractivity contribution in [1.29, 1.82) is 0 Å². The minimum atomic E-state index is -1.83. The quantitative estimate of drug-likeness (QED) is 0.318. The molecule has 4 nitrogen and oxygen atoms in total. The largest absolute Gasteiger partial charge is 1.00 e. The van der Waals surface area contributed by atoms with Gasteiger partial charge in [0.1, 0.15) is 0 Å². The minimum absolute atomic E-state index is 0. The van der Waals surface area contributed by atoms with E-state index < -0.39 is 6.16 Å². The molecule has 0 unspecified atom stereocenters. The van der Waals surface area contributed by atoms with Crippen molar-refractivity contribution in [3.05, 3.63) is 0 Å². The van der Waals surface area contributed by atoms with Crippen molar-refractivity contribution in [1.82, 2.24) is 0 Å². The van der Waals surface area contributed by atoms with Crippen LogP contribution in [0, 0.1) is 0 Å². The molecule has 0 atom stereocenters. The van der Waals surface area contributed by atoms with Gasteiger partial charge in [-0.2, -0.15) is 0 Å². The molecule has 0 saturated carbocycles. The predicted octanol–water partition coefficient (Wildman–Crippen LogP) is -6.37. The fraction of sp³-hybridized carbons (Fsp3) is 0. The maximum atomic E-state index is 8.56. The van der Waals surface area contributed by atoms with Crippen molar-refractivity contribution < 1.29 is 82.5 Å². The second-order valence-corrected chi connectivity index (χ2v) is 0.283. The molecule has 0 radical (unpaired) electrons. The van der Waals surface area contributed by atoms with Gasteiger partial charge in [0.2, 0.25) is 0 Å². The maximum absolute atomic E-state index is 8.56. The SMILES string of the molecule is O.O=C(O)O.[H-].[H-].[Na+].[Na+]. The second kappa shape index (κ2) is 15.7. The molecule has 7 heavy (non-hydrogen) atoms. The Morgan fingerprint density at radius 3 is 1.29 bits per heavy atom. The van der Waals surface area contributed by atoms with E-state index in [0.717, 1.165) is 0 Å². The van der Waals surface area contributed by atoms with Gasteiger partial charge in [-0.3, -0.25) is 0 Å². The zero-order chi connectivity index (χ0) is 3.58. The number of rotatable bonds is 0. The number of hydrogen-bond acceptors (Lipinski definition) is 1. The second-order valence-electron chi connectivity index (χ2n) is 0.283. The average Bonchev–Trinajstić information content (AvgIpc) is 0.811. The van der Waals surface area contributed by atoms with E-state index in [4.69, 9.17) is 15.0 Å². The summed E-state index contributed by atoms with van der Waals surface area (Å²) >= 11 is 0. The molecule has 6 heteroatoms. The number of hydrogen-bond donors (Lipinski definition) is 2. The van der Waals surface area contributed by atoms with Gasteiger partial charge in [-0.05, 0) is 0 Å². The van der Waals surface area contributed by atoms with Crippen LogP contribution >= 0.6 is 0 Å². The molecule has 4 N–H and O–H groups in total. The molecule has 0 aliphatic carbocycles. The standard InChI is InChI=1S/CH2O3.2Na.H2O.2H/c2-1(3)4;;;;;/h(H2,2,3,4);;;1H2;;/q;2*+1;;2*-1. The van der Waals surface area contributed by atoms with Gasteiger partial charge in [0.05, 0.1) is 0 Å². The van der Waals surface area contributed by atoms with E-state index in [9.17, 15) is 0 Å². The van der Waals surface area contributed by atoms with Gasteiger partial charge in [0, 0.05) is 0 Å². The molecule has 0 spiro atoms. The molecule has 0 aromatic rings. The third kappa shape index (κ3) is 131. The zero-order valence-corrected chi connectivity index (χ0v) is 8.30. The van der Waals surface area contributed by atoms with Gasteiger partial charge in [-0.25, -0.2) is 4.79 Å². The van der Waals surface area contributed by atoms with Crippen LogP contribution < -0.4 is 59.1 Å². The molecule has 36 valence electrons. The van der Waals surface area contributed by atoms with E-state index in [1.165, 1.54) is 0 Å². The monoisotopic (exact) mass is 128 g/mol. The summed E-state index contributed by atoms with van der Waals surface area (Å²) in [4.78, 5) is 8.56. The van der Waals surface area contributed by atoms with E-state index >= 15 is 0 Å². The smallest absolute Gasteiger partial charge is 1.00 e. The summed E-state index contributed by atoms with van der Waals surface area (Å²) in [6.45, 7) is 0. The van der Waals surface area contributed by atoms with Gasteiger partial charge in [0.25, 0.3) is 0 Å². The minimum Gasteiger partial charge on any atom is -1.00 e. The van der Waals surface area contributed by atoms with Crippen LogP contribution in [0.5, 0.6) is 0 Å². The maximum Gasteiger partial charge on any atom is 1.00 e. The van der Waals surface area contributed by atoms with E-state index in [-0.39, 0.29) is 67.4 Å². The Kier molecular flexibility index (Phi) is 53.9. The van der Waals surface area contributed by atoms with Crippen LogP contribution in [-0.2, 0) is 0 Å². The Morgan fingerprint density at radius 1 is 1.29 bits per heavy atom.